The number of hydrogen-bond donors (Lipinski definition) is 2. The molecule has 1 atom stereocenters. The molecule has 0 radical (unpaired) electrons. The molecule has 2 aliphatic rings. The van der Waals surface area contributed by atoms with E-state index in [2.05, 4.69) is 15.3 Å². The third-order valence-electron chi connectivity index (χ3n) is 6.50. The zero-order chi connectivity index (χ0) is 23.6. The second kappa shape index (κ2) is 10.0. The molecular formula is C22H28FN3O5S2. The maximum atomic E-state index is 13.6. The number of hydrogen-bond acceptors (Lipinski definition) is 7. The van der Waals surface area contributed by atoms with E-state index >= 15 is 0 Å². The minimum atomic E-state index is -3.80. The van der Waals surface area contributed by atoms with Crippen LogP contribution in [0.1, 0.15) is 62.1 Å². The van der Waals surface area contributed by atoms with Crippen LogP contribution in [0.4, 0.5) is 9.52 Å². The van der Waals surface area contributed by atoms with Crippen LogP contribution in [0.25, 0.3) is 0 Å². The summed E-state index contributed by atoms with van der Waals surface area (Å²) in [5.41, 5.74) is -0.190. The standard InChI is InChI=1S/C22H28FN3O5S2/c1-13-10-17(33(29,30)15-4-2-3-5-15)19(21(28)25-13)16(11-14-6-8-31-9-7-14)20(27)26-22-24-12-18(23)32-22/h10,12,14-16H,2-9,11H2,1H3,(H,25,28)(H,24,26,27)/t16-/m1/s1. The molecule has 8 nitrogen and oxygen atoms in total. The number of aryl methyl sites for hydroxylation is 1. The minimum Gasteiger partial charge on any atom is -0.381 e. The average molecular weight is 498 g/mol. The van der Waals surface area contributed by atoms with Crippen LogP contribution in [-0.4, -0.2) is 42.8 Å². The van der Waals surface area contributed by atoms with Gasteiger partial charge in [0.1, 0.15) is 0 Å². The highest BCUT2D eigenvalue weighted by Gasteiger charge is 2.38. The maximum Gasteiger partial charge on any atom is 0.253 e. The van der Waals surface area contributed by atoms with Gasteiger partial charge in [-0.25, -0.2) is 13.4 Å². The second-order valence-corrected chi connectivity index (χ2v) is 12.0. The van der Waals surface area contributed by atoms with Crippen LogP contribution in [0, 0.1) is 18.0 Å². The van der Waals surface area contributed by atoms with Crippen molar-refractivity contribution in [2.45, 2.75) is 67.9 Å². The van der Waals surface area contributed by atoms with Gasteiger partial charge >= 0.3 is 0 Å². The van der Waals surface area contributed by atoms with Gasteiger partial charge in [-0.2, -0.15) is 4.39 Å². The maximum absolute atomic E-state index is 13.6. The Morgan fingerprint density at radius 1 is 1.30 bits per heavy atom. The summed E-state index contributed by atoms with van der Waals surface area (Å²) in [4.78, 5) is 33.0. The summed E-state index contributed by atoms with van der Waals surface area (Å²) in [6.07, 6.45) is 5.46. The van der Waals surface area contributed by atoms with Gasteiger partial charge in [-0.3, -0.25) is 9.59 Å². The largest absolute Gasteiger partial charge is 0.381 e. The lowest BCUT2D eigenvalue weighted by Gasteiger charge is -2.27. The minimum absolute atomic E-state index is 0.0338. The predicted molar refractivity (Wildman–Crippen MR) is 123 cm³/mol. The number of rotatable bonds is 7. The van der Waals surface area contributed by atoms with Gasteiger partial charge < -0.3 is 15.0 Å². The van der Waals surface area contributed by atoms with Gasteiger partial charge in [0.25, 0.3) is 5.56 Å². The average Bonchev–Trinajstić information content (AvgIpc) is 3.45. The quantitative estimate of drug-likeness (QED) is 0.604. The van der Waals surface area contributed by atoms with E-state index in [1.54, 1.807) is 6.92 Å². The highest BCUT2D eigenvalue weighted by atomic mass is 32.2. The summed E-state index contributed by atoms with van der Waals surface area (Å²) in [5.74, 6) is -1.49. The van der Waals surface area contributed by atoms with Gasteiger partial charge in [-0.05, 0) is 51.0 Å². The van der Waals surface area contributed by atoms with Gasteiger partial charge in [-0.15, -0.1) is 0 Å². The van der Waals surface area contributed by atoms with Gasteiger partial charge in [0.05, 0.1) is 22.3 Å². The summed E-state index contributed by atoms with van der Waals surface area (Å²) in [5, 5.41) is 1.55. The zero-order valence-corrected chi connectivity index (χ0v) is 20.1. The second-order valence-electron chi connectivity index (χ2n) is 8.81. The first kappa shape index (κ1) is 24.0. The molecule has 4 rings (SSSR count). The van der Waals surface area contributed by atoms with E-state index in [9.17, 15) is 22.4 Å². The summed E-state index contributed by atoms with van der Waals surface area (Å²) in [6.45, 7) is 2.73. The Hall–Kier alpha value is -2.11. The Balaban J connectivity index is 1.78. The Morgan fingerprint density at radius 3 is 2.64 bits per heavy atom. The first-order chi connectivity index (χ1) is 15.8. The van der Waals surface area contributed by atoms with E-state index in [1.165, 1.54) is 6.07 Å². The number of aromatic amines is 1. The molecule has 1 amide bonds. The lowest BCUT2D eigenvalue weighted by atomic mass is 9.84. The normalized spacial score (nSPS) is 19.0. The first-order valence-corrected chi connectivity index (χ1v) is 13.6. The molecule has 2 fully saturated rings. The van der Waals surface area contributed by atoms with Crippen molar-refractivity contribution in [1.29, 1.82) is 0 Å². The number of pyridine rings is 1. The summed E-state index contributed by atoms with van der Waals surface area (Å²) in [7, 11) is -3.80. The number of carbonyl (C=O) groups is 1. The zero-order valence-electron chi connectivity index (χ0n) is 18.4. The van der Waals surface area contributed by atoms with Gasteiger partial charge in [0.15, 0.2) is 20.1 Å². The number of nitrogens with zero attached hydrogens (tertiary/aromatic N) is 1. The molecule has 0 unspecified atom stereocenters. The molecule has 3 heterocycles. The highest BCUT2D eigenvalue weighted by Crippen LogP contribution is 2.36. The fourth-order valence-corrected chi connectivity index (χ4v) is 7.53. The van der Waals surface area contributed by atoms with Crippen LogP contribution >= 0.6 is 11.3 Å². The van der Waals surface area contributed by atoms with Crippen molar-refractivity contribution < 1.29 is 22.3 Å². The number of ether oxygens (including phenoxy) is 1. The van der Waals surface area contributed by atoms with Crippen LogP contribution in [0.15, 0.2) is 22.0 Å². The Bertz CT molecular complexity index is 1160. The van der Waals surface area contributed by atoms with Crippen molar-refractivity contribution in [3.8, 4) is 0 Å². The third kappa shape index (κ3) is 5.36. The molecule has 33 heavy (non-hydrogen) atoms. The number of amides is 1. The number of carbonyl (C=O) groups excluding carboxylic acids is 1. The van der Waals surface area contributed by atoms with Crippen molar-refractivity contribution in [3.05, 3.63) is 39.0 Å². The Labute approximate surface area is 195 Å². The summed E-state index contributed by atoms with van der Waals surface area (Å²) in [6, 6.07) is 1.47. The van der Waals surface area contributed by atoms with Crippen LogP contribution in [-0.2, 0) is 19.4 Å². The number of halogens is 1. The highest BCUT2D eigenvalue weighted by molar-refractivity contribution is 7.92. The van der Waals surface area contributed by atoms with Crippen molar-refractivity contribution in [2.75, 3.05) is 18.5 Å². The van der Waals surface area contributed by atoms with Gasteiger partial charge in [0.2, 0.25) is 5.91 Å². The molecule has 0 bridgehead atoms. The Kier molecular flexibility index (Phi) is 7.30. The lowest BCUT2D eigenvalue weighted by Crippen LogP contribution is -2.33. The van der Waals surface area contributed by atoms with E-state index < -0.39 is 37.6 Å². The van der Waals surface area contributed by atoms with E-state index in [1.807, 2.05) is 0 Å². The number of anilines is 1. The van der Waals surface area contributed by atoms with Crippen LogP contribution in [0.2, 0.25) is 0 Å². The van der Waals surface area contributed by atoms with Crippen molar-refractivity contribution in [3.63, 3.8) is 0 Å². The molecule has 1 aliphatic carbocycles. The molecule has 1 aliphatic heterocycles. The molecule has 2 N–H and O–H groups in total. The van der Waals surface area contributed by atoms with E-state index in [4.69, 9.17) is 4.74 Å². The van der Waals surface area contributed by atoms with Crippen LogP contribution < -0.4 is 10.9 Å². The third-order valence-corrected chi connectivity index (χ3v) is 9.50. The van der Waals surface area contributed by atoms with E-state index in [0.29, 0.717) is 62.3 Å². The lowest BCUT2D eigenvalue weighted by molar-refractivity contribution is -0.118. The van der Waals surface area contributed by atoms with Crippen molar-refractivity contribution in [2.24, 2.45) is 5.92 Å². The number of thiazole rings is 1. The Morgan fingerprint density at radius 2 is 2.00 bits per heavy atom. The molecule has 11 heteroatoms. The molecular weight excluding hydrogens is 469 g/mol. The molecule has 1 saturated carbocycles. The summed E-state index contributed by atoms with van der Waals surface area (Å²) < 4.78 is 46.0. The predicted octanol–water partition coefficient (Wildman–Crippen LogP) is 3.53. The number of aromatic nitrogens is 2. The molecule has 0 spiro atoms. The van der Waals surface area contributed by atoms with Crippen molar-refractivity contribution >= 4 is 32.2 Å². The fraction of sp³-hybridized carbons (Fsp3) is 0.591. The molecule has 2 aromatic heterocycles. The van der Waals surface area contributed by atoms with Gasteiger partial charge in [-0.1, -0.05) is 24.2 Å². The number of sulfone groups is 1. The molecule has 180 valence electrons. The topological polar surface area (TPSA) is 118 Å². The molecule has 0 aromatic carbocycles. The summed E-state index contributed by atoms with van der Waals surface area (Å²) >= 11 is 0.678. The SMILES string of the molecule is Cc1cc(S(=O)(=O)C2CCCC2)c([C@@H](CC2CCOCC2)C(=O)Nc2ncc(F)s2)c(=O)[nH]1. The number of nitrogens with one attached hydrogen (secondary N) is 2. The van der Waals surface area contributed by atoms with Gasteiger partial charge in [0, 0.05) is 24.5 Å². The van der Waals surface area contributed by atoms with E-state index in [0.717, 1.165) is 19.0 Å². The van der Waals surface area contributed by atoms with Crippen LogP contribution in [0.3, 0.4) is 0 Å². The molecule has 2 aromatic rings. The first-order valence-electron chi connectivity index (χ1n) is 11.2. The fourth-order valence-electron chi connectivity index (χ4n) is 4.79. The van der Waals surface area contributed by atoms with E-state index in [-0.39, 0.29) is 21.5 Å². The van der Waals surface area contributed by atoms with Crippen molar-refractivity contribution in [1.82, 2.24) is 9.97 Å². The number of H-pyrrole nitrogens is 1. The van der Waals surface area contributed by atoms with Crippen LogP contribution in [0.5, 0.6) is 0 Å². The molecule has 1 saturated heterocycles. The monoisotopic (exact) mass is 497 g/mol. The smallest absolute Gasteiger partial charge is 0.253 e.